The minimum atomic E-state index is -4.43. The van der Waals surface area contributed by atoms with Crippen molar-refractivity contribution in [2.75, 3.05) is 0 Å². The highest BCUT2D eigenvalue weighted by Gasteiger charge is 2.34. The lowest BCUT2D eigenvalue weighted by molar-refractivity contribution is -0.137. The van der Waals surface area contributed by atoms with Gasteiger partial charge in [-0.15, -0.1) is 0 Å². The first-order valence-electron chi connectivity index (χ1n) is 7.42. The highest BCUT2D eigenvalue weighted by Crippen LogP contribution is 2.39. The highest BCUT2D eigenvalue weighted by molar-refractivity contribution is 9.10. The van der Waals surface area contributed by atoms with Crippen LogP contribution in [0.4, 0.5) is 13.2 Å². The van der Waals surface area contributed by atoms with Gasteiger partial charge in [-0.2, -0.15) is 13.2 Å². The molecule has 0 saturated carbocycles. The lowest BCUT2D eigenvalue weighted by Crippen LogP contribution is -2.10. The predicted octanol–water partition coefficient (Wildman–Crippen LogP) is 7.33. The van der Waals surface area contributed by atoms with Crippen LogP contribution in [0.1, 0.15) is 5.56 Å². The molecule has 126 valence electrons. The van der Waals surface area contributed by atoms with E-state index in [1.165, 1.54) is 12.1 Å². The van der Waals surface area contributed by atoms with Crippen LogP contribution in [0, 0.1) is 0 Å². The second-order valence-electron chi connectivity index (χ2n) is 5.67. The Bertz CT molecular complexity index is 1050. The molecule has 0 bridgehead atoms. The zero-order valence-electron chi connectivity index (χ0n) is 12.6. The molecule has 3 aromatic carbocycles. The predicted molar refractivity (Wildman–Crippen MR) is 101 cm³/mol. The number of alkyl halides is 3. The van der Waals surface area contributed by atoms with Gasteiger partial charge in [0.05, 0.1) is 22.3 Å². The minimum Gasteiger partial charge on any atom is -0.309 e. The molecule has 0 radical (unpaired) electrons. The zero-order chi connectivity index (χ0) is 17.8. The van der Waals surface area contributed by atoms with Crippen LogP contribution in [0.25, 0.3) is 27.5 Å². The Morgan fingerprint density at radius 2 is 1.24 bits per heavy atom. The Morgan fingerprint density at radius 1 is 0.720 bits per heavy atom. The lowest BCUT2D eigenvalue weighted by Gasteiger charge is -2.15. The topological polar surface area (TPSA) is 4.93 Å². The number of nitrogens with zero attached hydrogens (tertiary/aromatic N) is 1. The van der Waals surface area contributed by atoms with E-state index >= 15 is 0 Å². The number of rotatable bonds is 1. The molecule has 1 heterocycles. The minimum absolute atomic E-state index is 0.125. The van der Waals surface area contributed by atoms with Crippen LogP contribution < -0.4 is 0 Å². The van der Waals surface area contributed by atoms with Crippen LogP contribution >= 0.6 is 31.9 Å². The molecule has 0 unspecified atom stereocenters. The summed E-state index contributed by atoms with van der Waals surface area (Å²) in [7, 11) is 0. The number of hydrogen-bond donors (Lipinski definition) is 0. The summed E-state index contributed by atoms with van der Waals surface area (Å²) < 4.78 is 44.0. The Labute approximate surface area is 158 Å². The summed E-state index contributed by atoms with van der Waals surface area (Å²) in [6, 6.07) is 16.9. The first-order chi connectivity index (χ1) is 11.9. The average molecular weight is 469 g/mol. The molecule has 0 spiro atoms. The van der Waals surface area contributed by atoms with Crippen molar-refractivity contribution in [3.63, 3.8) is 0 Å². The number of halogens is 5. The summed E-state index contributed by atoms with van der Waals surface area (Å²) >= 11 is 6.89. The third-order valence-electron chi connectivity index (χ3n) is 4.14. The van der Waals surface area contributed by atoms with Gasteiger partial charge in [0.15, 0.2) is 0 Å². The van der Waals surface area contributed by atoms with Gasteiger partial charge in [0.2, 0.25) is 0 Å². The number of benzene rings is 3. The number of hydrogen-bond acceptors (Lipinski definition) is 0. The van der Waals surface area contributed by atoms with Gasteiger partial charge in [-0.25, -0.2) is 0 Å². The third-order valence-corrected chi connectivity index (χ3v) is 5.13. The van der Waals surface area contributed by atoms with Gasteiger partial charge in [-0.3, -0.25) is 0 Å². The maximum atomic E-state index is 13.5. The molecular weight excluding hydrogens is 459 g/mol. The maximum absolute atomic E-state index is 13.5. The van der Waals surface area contributed by atoms with Crippen LogP contribution in [0.2, 0.25) is 0 Å². The van der Waals surface area contributed by atoms with Crippen molar-refractivity contribution < 1.29 is 13.2 Å². The molecule has 0 amide bonds. The summed E-state index contributed by atoms with van der Waals surface area (Å²) in [5.41, 5.74) is 0.931. The van der Waals surface area contributed by atoms with E-state index in [0.717, 1.165) is 36.8 Å². The van der Waals surface area contributed by atoms with Crippen molar-refractivity contribution in [2.24, 2.45) is 0 Å². The van der Waals surface area contributed by atoms with E-state index < -0.39 is 11.7 Å². The van der Waals surface area contributed by atoms with Crippen LogP contribution in [-0.4, -0.2) is 4.57 Å². The van der Waals surface area contributed by atoms with Crippen molar-refractivity contribution in [3.05, 3.63) is 75.2 Å². The van der Waals surface area contributed by atoms with E-state index in [2.05, 4.69) is 31.9 Å². The van der Waals surface area contributed by atoms with Crippen LogP contribution in [0.3, 0.4) is 0 Å². The van der Waals surface area contributed by atoms with Crippen molar-refractivity contribution in [1.82, 2.24) is 4.57 Å². The molecule has 6 heteroatoms. The zero-order valence-corrected chi connectivity index (χ0v) is 15.8. The molecule has 0 atom stereocenters. The monoisotopic (exact) mass is 467 g/mol. The number of aromatic nitrogens is 1. The van der Waals surface area contributed by atoms with Gasteiger partial charge in [0.1, 0.15) is 0 Å². The van der Waals surface area contributed by atoms with E-state index in [-0.39, 0.29) is 5.69 Å². The highest BCUT2D eigenvalue weighted by atomic mass is 79.9. The Morgan fingerprint density at radius 3 is 1.76 bits per heavy atom. The molecule has 1 nitrogen and oxygen atoms in total. The van der Waals surface area contributed by atoms with E-state index in [1.54, 1.807) is 10.6 Å². The van der Waals surface area contributed by atoms with Crippen molar-refractivity contribution in [1.29, 1.82) is 0 Å². The van der Waals surface area contributed by atoms with Crippen molar-refractivity contribution in [2.45, 2.75) is 6.18 Å². The molecule has 0 N–H and O–H groups in total. The van der Waals surface area contributed by atoms with E-state index in [1.807, 2.05) is 36.4 Å². The van der Waals surface area contributed by atoms with Crippen LogP contribution in [-0.2, 0) is 6.18 Å². The summed E-state index contributed by atoms with van der Waals surface area (Å²) in [4.78, 5) is 0. The van der Waals surface area contributed by atoms with Crippen molar-refractivity contribution in [3.8, 4) is 5.69 Å². The SMILES string of the molecule is FC(F)(F)c1ccccc1-n1c2ccc(Br)cc2c2cc(Br)ccc21. The smallest absolute Gasteiger partial charge is 0.309 e. The molecule has 0 saturated heterocycles. The summed E-state index contributed by atoms with van der Waals surface area (Å²) in [5, 5.41) is 1.78. The average Bonchev–Trinajstić information content (AvgIpc) is 2.87. The Kier molecular flexibility index (Phi) is 3.92. The molecule has 1 aromatic heterocycles. The third kappa shape index (κ3) is 2.77. The first-order valence-corrected chi connectivity index (χ1v) is 9.01. The van der Waals surface area contributed by atoms with Crippen LogP contribution in [0.15, 0.2) is 69.6 Å². The normalized spacial score (nSPS) is 12.2. The summed E-state index contributed by atoms with van der Waals surface area (Å²) in [6.07, 6.45) is -4.43. The Balaban J connectivity index is 2.19. The van der Waals surface area contributed by atoms with Gasteiger partial charge in [-0.05, 0) is 48.5 Å². The lowest BCUT2D eigenvalue weighted by atomic mass is 10.1. The van der Waals surface area contributed by atoms with E-state index in [0.29, 0.717) is 0 Å². The fraction of sp³-hybridized carbons (Fsp3) is 0.0526. The number of para-hydroxylation sites is 1. The largest absolute Gasteiger partial charge is 0.418 e. The summed E-state index contributed by atoms with van der Waals surface area (Å²) in [6.45, 7) is 0. The molecule has 0 aliphatic heterocycles. The second-order valence-corrected chi connectivity index (χ2v) is 7.50. The van der Waals surface area contributed by atoms with E-state index in [9.17, 15) is 13.2 Å². The molecule has 25 heavy (non-hydrogen) atoms. The summed E-state index contributed by atoms with van der Waals surface area (Å²) in [5.74, 6) is 0. The van der Waals surface area contributed by atoms with Gasteiger partial charge >= 0.3 is 6.18 Å². The van der Waals surface area contributed by atoms with Gasteiger partial charge in [0, 0.05) is 19.7 Å². The standard InChI is InChI=1S/C19H10Br2F3N/c20-11-5-7-16-13(9-11)14-10-12(21)6-8-17(14)25(16)18-4-2-1-3-15(18)19(22,23)24/h1-10H. The molecule has 0 aliphatic rings. The first kappa shape index (κ1) is 16.7. The van der Waals surface area contributed by atoms with E-state index in [4.69, 9.17) is 0 Å². The molecule has 0 aliphatic carbocycles. The molecule has 4 rings (SSSR count). The van der Waals surface area contributed by atoms with Crippen LogP contribution in [0.5, 0.6) is 0 Å². The molecule has 0 fully saturated rings. The van der Waals surface area contributed by atoms with Gasteiger partial charge in [-0.1, -0.05) is 44.0 Å². The fourth-order valence-electron chi connectivity index (χ4n) is 3.14. The van der Waals surface area contributed by atoms with Gasteiger partial charge < -0.3 is 4.57 Å². The fourth-order valence-corrected chi connectivity index (χ4v) is 3.86. The molecule has 4 aromatic rings. The Hall–Kier alpha value is -1.79. The quantitative estimate of drug-likeness (QED) is 0.275. The number of fused-ring (bicyclic) bond motifs is 3. The second kappa shape index (κ2) is 5.88. The van der Waals surface area contributed by atoms with Gasteiger partial charge in [0.25, 0.3) is 0 Å². The van der Waals surface area contributed by atoms with Crippen molar-refractivity contribution >= 4 is 53.7 Å². The maximum Gasteiger partial charge on any atom is 0.418 e. The molecular formula is C19H10Br2F3N.